The molecule has 92 valence electrons. The Labute approximate surface area is 104 Å². The predicted octanol–water partition coefficient (Wildman–Crippen LogP) is 3.24. The molecule has 0 heterocycles. The van der Waals surface area contributed by atoms with Gasteiger partial charge < -0.3 is 10.1 Å². The highest BCUT2D eigenvalue weighted by molar-refractivity contribution is 5.43. The van der Waals surface area contributed by atoms with E-state index in [1.54, 1.807) is 0 Å². The van der Waals surface area contributed by atoms with Gasteiger partial charge in [0.25, 0.3) is 0 Å². The number of hydrogen-bond donors (Lipinski definition) is 1. The van der Waals surface area contributed by atoms with E-state index in [0.29, 0.717) is 6.04 Å². The highest BCUT2D eigenvalue weighted by atomic mass is 16.5. The molecule has 1 aliphatic rings. The first-order chi connectivity index (χ1) is 8.36. The van der Waals surface area contributed by atoms with Crippen molar-refractivity contribution in [2.24, 2.45) is 0 Å². The van der Waals surface area contributed by atoms with E-state index in [9.17, 15) is 0 Å². The van der Waals surface area contributed by atoms with Crippen molar-refractivity contribution in [3.8, 4) is 5.75 Å². The number of ether oxygens (including phenoxy) is 1. The summed E-state index contributed by atoms with van der Waals surface area (Å²) in [4.78, 5) is 0. The van der Waals surface area contributed by atoms with Gasteiger partial charge in [0.15, 0.2) is 0 Å². The lowest BCUT2D eigenvalue weighted by Gasteiger charge is -2.26. The maximum atomic E-state index is 5.84. The fourth-order valence-corrected chi connectivity index (χ4v) is 2.50. The van der Waals surface area contributed by atoms with E-state index in [1.807, 2.05) is 13.1 Å². The van der Waals surface area contributed by atoms with Crippen LogP contribution in [-0.4, -0.2) is 13.7 Å². The van der Waals surface area contributed by atoms with E-state index < -0.39 is 0 Å². The van der Waals surface area contributed by atoms with Crippen LogP contribution in [-0.2, 0) is 6.42 Å². The minimum Gasteiger partial charge on any atom is -0.493 e. The third kappa shape index (κ3) is 2.70. The molecule has 0 spiro atoms. The van der Waals surface area contributed by atoms with Crippen LogP contribution >= 0.6 is 0 Å². The van der Waals surface area contributed by atoms with Crippen LogP contribution in [0.2, 0.25) is 0 Å². The smallest absolute Gasteiger partial charge is 0.122 e. The molecule has 0 fully saturated rings. The molecule has 0 bridgehead atoms. The molecule has 0 radical (unpaired) electrons. The molecule has 1 unspecified atom stereocenters. The van der Waals surface area contributed by atoms with Crippen molar-refractivity contribution in [3.05, 3.63) is 42.0 Å². The number of benzene rings is 1. The molecule has 0 amide bonds. The summed E-state index contributed by atoms with van der Waals surface area (Å²) in [5.41, 5.74) is 2.80. The summed E-state index contributed by atoms with van der Waals surface area (Å²) in [6.45, 7) is 4.44. The summed E-state index contributed by atoms with van der Waals surface area (Å²) in [6.07, 6.45) is 6.39. The molecular weight excluding hydrogens is 210 g/mol. The van der Waals surface area contributed by atoms with Gasteiger partial charge in [-0.05, 0) is 49.9 Å². The zero-order valence-electron chi connectivity index (χ0n) is 10.5. The molecule has 2 heteroatoms. The Balaban J connectivity index is 2.19. The van der Waals surface area contributed by atoms with Crippen LogP contribution < -0.4 is 10.1 Å². The molecule has 1 aromatic rings. The topological polar surface area (TPSA) is 21.3 Å². The standard InChI is InChI=1S/C15H21NO/c1-3-4-11-17-15-10-6-7-12-13(15)8-5-9-14(12)16-2/h3,6-7,10,14,16H,1,4-5,8-9,11H2,2H3. The highest BCUT2D eigenvalue weighted by Gasteiger charge is 2.21. The van der Waals surface area contributed by atoms with Gasteiger partial charge in [-0.2, -0.15) is 0 Å². The van der Waals surface area contributed by atoms with Crippen molar-refractivity contribution in [2.75, 3.05) is 13.7 Å². The highest BCUT2D eigenvalue weighted by Crippen LogP contribution is 2.35. The van der Waals surface area contributed by atoms with Gasteiger partial charge in [-0.25, -0.2) is 0 Å². The average molecular weight is 231 g/mol. The minimum absolute atomic E-state index is 0.488. The molecule has 0 saturated carbocycles. The normalized spacial score (nSPS) is 18.5. The van der Waals surface area contributed by atoms with Gasteiger partial charge in [0.2, 0.25) is 0 Å². The van der Waals surface area contributed by atoms with Gasteiger partial charge >= 0.3 is 0 Å². The molecule has 0 saturated heterocycles. The molecule has 1 aromatic carbocycles. The lowest BCUT2D eigenvalue weighted by molar-refractivity contribution is 0.318. The Morgan fingerprint density at radius 3 is 3.18 bits per heavy atom. The monoisotopic (exact) mass is 231 g/mol. The Hall–Kier alpha value is -1.28. The predicted molar refractivity (Wildman–Crippen MR) is 71.5 cm³/mol. The Kier molecular flexibility index (Phi) is 4.21. The molecule has 2 rings (SSSR count). The van der Waals surface area contributed by atoms with Crippen LogP contribution in [0.15, 0.2) is 30.9 Å². The van der Waals surface area contributed by atoms with Crippen molar-refractivity contribution < 1.29 is 4.74 Å². The minimum atomic E-state index is 0.488. The third-order valence-electron chi connectivity index (χ3n) is 3.39. The second-order valence-electron chi connectivity index (χ2n) is 4.48. The number of hydrogen-bond acceptors (Lipinski definition) is 2. The summed E-state index contributed by atoms with van der Waals surface area (Å²) in [5.74, 6) is 1.06. The van der Waals surface area contributed by atoms with Gasteiger partial charge in [-0.15, -0.1) is 6.58 Å². The maximum absolute atomic E-state index is 5.84. The van der Waals surface area contributed by atoms with Gasteiger partial charge in [0.05, 0.1) is 6.61 Å². The molecule has 2 nitrogen and oxygen atoms in total. The SMILES string of the molecule is C=CCCOc1cccc2c1CCCC2NC. The molecular formula is C15H21NO. The van der Waals surface area contributed by atoms with Crippen LogP contribution in [0.5, 0.6) is 5.75 Å². The van der Waals surface area contributed by atoms with Crippen molar-refractivity contribution in [3.63, 3.8) is 0 Å². The summed E-state index contributed by atoms with van der Waals surface area (Å²) < 4.78 is 5.84. The number of nitrogens with one attached hydrogen (secondary N) is 1. The van der Waals surface area contributed by atoms with E-state index in [0.717, 1.165) is 25.2 Å². The molecule has 1 atom stereocenters. The van der Waals surface area contributed by atoms with E-state index >= 15 is 0 Å². The summed E-state index contributed by atoms with van der Waals surface area (Å²) in [7, 11) is 2.03. The molecule has 1 N–H and O–H groups in total. The summed E-state index contributed by atoms with van der Waals surface area (Å²) in [5, 5.41) is 3.38. The second-order valence-corrected chi connectivity index (χ2v) is 4.48. The van der Waals surface area contributed by atoms with Gasteiger partial charge in [0, 0.05) is 6.04 Å². The first-order valence-electron chi connectivity index (χ1n) is 6.39. The van der Waals surface area contributed by atoms with E-state index in [2.05, 4.69) is 30.1 Å². The Morgan fingerprint density at radius 2 is 2.41 bits per heavy atom. The lowest BCUT2D eigenvalue weighted by atomic mass is 9.87. The van der Waals surface area contributed by atoms with E-state index in [4.69, 9.17) is 4.74 Å². The van der Waals surface area contributed by atoms with Gasteiger partial charge in [-0.3, -0.25) is 0 Å². The van der Waals surface area contributed by atoms with Crippen molar-refractivity contribution in [1.82, 2.24) is 5.32 Å². The van der Waals surface area contributed by atoms with Crippen molar-refractivity contribution in [2.45, 2.75) is 31.7 Å². The fourth-order valence-electron chi connectivity index (χ4n) is 2.50. The second kappa shape index (κ2) is 5.87. The maximum Gasteiger partial charge on any atom is 0.122 e. The van der Waals surface area contributed by atoms with E-state index in [1.165, 1.54) is 24.0 Å². The zero-order valence-corrected chi connectivity index (χ0v) is 10.5. The Morgan fingerprint density at radius 1 is 1.53 bits per heavy atom. The van der Waals surface area contributed by atoms with Gasteiger partial charge in [0.1, 0.15) is 5.75 Å². The zero-order chi connectivity index (χ0) is 12.1. The number of rotatable bonds is 5. The largest absolute Gasteiger partial charge is 0.493 e. The third-order valence-corrected chi connectivity index (χ3v) is 3.39. The fraction of sp³-hybridized carbons (Fsp3) is 0.467. The van der Waals surface area contributed by atoms with Crippen LogP contribution in [0.4, 0.5) is 0 Å². The van der Waals surface area contributed by atoms with Gasteiger partial charge in [-0.1, -0.05) is 18.2 Å². The summed E-state index contributed by atoms with van der Waals surface area (Å²) >= 11 is 0. The molecule has 0 aromatic heterocycles. The van der Waals surface area contributed by atoms with Crippen LogP contribution in [0.1, 0.15) is 36.4 Å². The first-order valence-corrected chi connectivity index (χ1v) is 6.39. The molecule has 0 aliphatic heterocycles. The first kappa shape index (κ1) is 12.2. The van der Waals surface area contributed by atoms with Crippen molar-refractivity contribution >= 4 is 0 Å². The van der Waals surface area contributed by atoms with E-state index in [-0.39, 0.29) is 0 Å². The van der Waals surface area contributed by atoms with Crippen molar-refractivity contribution in [1.29, 1.82) is 0 Å². The molecule has 1 aliphatic carbocycles. The summed E-state index contributed by atoms with van der Waals surface area (Å²) in [6, 6.07) is 6.88. The van der Waals surface area contributed by atoms with Crippen LogP contribution in [0.25, 0.3) is 0 Å². The Bertz CT molecular complexity index is 387. The molecule has 17 heavy (non-hydrogen) atoms. The van der Waals surface area contributed by atoms with Crippen LogP contribution in [0.3, 0.4) is 0 Å². The average Bonchev–Trinajstić information content (AvgIpc) is 2.38. The van der Waals surface area contributed by atoms with Crippen LogP contribution in [0, 0.1) is 0 Å². The number of fused-ring (bicyclic) bond motifs is 1. The quantitative estimate of drug-likeness (QED) is 0.620. The lowest BCUT2D eigenvalue weighted by Crippen LogP contribution is -2.22.